The van der Waals surface area contributed by atoms with E-state index in [1.165, 1.54) is 24.3 Å². The maximum Gasteiger partial charge on any atom is 0.191 e. The normalized spacial score (nSPS) is 16.7. The Kier molecular flexibility index (Phi) is 11.5. The third-order valence-electron chi connectivity index (χ3n) is 5.77. The molecule has 33 heavy (non-hydrogen) atoms. The van der Waals surface area contributed by atoms with Gasteiger partial charge in [0.15, 0.2) is 5.96 Å². The first-order valence-electron chi connectivity index (χ1n) is 10.9. The molecule has 1 fully saturated rings. The van der Waals surface area contributed by atoms with Gasteiger partial charge in [0.1, 0.15) is 11.6 Å². The molecule has 0 spiro atoms. The number of benzene rings is 2. The fourth-order valence-electron chi connectivity index (χ4n) is 3.92. The largest absolute Gasteiger partial charge is 0.379 e. The lowest BCUT2D eigenvalue weighted by Crippen LogP contribution is -2.47. The molecule has 0 amide bonds. The summed E-state index contributed by atoms with van der Waals surface area (Å²) >= 11 is 0. The lowest BCUT2D eigenvalue weighted by molar-refractivity contribution is 0.0170. The van der Waals surface area contributed by atoms with Crippen LogP contribution < -0.4 is 10.6 Å². The number of morpholine rings is 1. The van der Waals surface area contributed by atoms with Gasteiger partial charge in [-0.1, -0.05) is 24.3 Å². The van der Waals surface area contributed by atoms with Crippen LogP contribution in [0.2, 0.25) is 0 Å². The molecule has 182 valence electrons. The molecule has 0 radical (unpaired) electrons. The van der Waals surface area contributed by atoms with Crippen LogP contribution in [0.1, 0.15) is 23.2 Å². The van der Waals surface area contributed by atoms with Crippen LogP contribution >= 0.6 is 24.0 Å². The minimum Gasteiger partial charge on any atom is -0.379 e. The molecular weight excluding hydrogens is 539 g/mol. The molecule has 2 N–H and O–H groups in total. The SMILES string of the molecule is CN=C(NCC(c1ccc(F)cc1)N(C)C)NCC(c1ccc(F)cc1)N1CCOCC1.I. The first-order valence-corrected chi connectivity index (χ1v) is 10.9. The number of ether oxygens (including phenoxy) is 1. The Labute approximate surface area is 212 Å². The minimum atomic E-state index is -0.244. The van der Waals surface area contributed by atoms with Crippen molar-refractivity contribution in [2.24, 2.45) is 4.99 Å². The van der Waals surface area contributed by atoms with Gasteiger partial charge >= 0.3 is 0 Å². The molecule has 0 saturated carbocycles. The summed E-state index contributed by atoms with van der Waals surface area (Å²) in [6, 6.07) is 13.4. The van der Waals surface area contributed by atoms with Crippen molar-refractivity contribution in [3.05, 3.63) is 71.3 Å². The predicted molar refractivity (Wildman–Crippen MR) is 139 cm³/mol. The number of guanidine groups is 1. The van der Waals surface area contributed by atoms with Gasteiger partial charge in [-0.05, 0) is 49.5 Å². The number of nitrogens with one attached hydrogen (secondary N) is 2. The van der Waals surface area contributed by atoms with E-state index in [2.05, 4.69) is 25.4 Å². The van der Waals surface area contributed by atoms with Crippen LogP contribution in [-0.2, 0) is 4.74 Å². The van der Waals surface area contributed by atoms with Crippen molar-refractivity contribution in [1.29, 1.82) is 0 Å². The van der Waals surface area contributed by atoms with Crippen molar-refractivity contribution in [2.75, 3.05) is 60.5 Å². The lowest BCUT2D eigenvalue weighted by Gasteiger charge is -2.35. The maximum atomic E-state index is 13.5. The lowest BCUT2D eigenvalue weighted by atomic mass is 10.0. The highest BCUT2D eigenvalue weighted by Gasteiger charge is 2.23. The molecule has 2 unspecified atom stereocenters. The number of aliphatic imine (C=N–C) groups is 1. The summed E-state index contributed by atoms with van der Waals surface area (Å²) in [6.45, 7) is 4.25. The van der Waals surface area contributed by atoms with Crippen LogP contribution in [0, 0.1) is 11.6 Å². The van der Waals surface area contributed by atoms with Gasteiger partial charge in [0.2, 0.25) is 0 Å². The van der Waals surface area contributed by atoms with E-state index in [0.717, 1.165) is 24.2 Å². The first-order chi connectivity index (χ1) is 15.5. The van der Waals surface area contributed by atoms with E-state index in [-0.39, 0.29) is 47.7 Å². The van der Waals surface area contributed by atoms with E-state index in [1.54, 1.807) is 19.2 Å². The molecule has 0 aromatic heterocycles. The molecule has 1 aliphatic rings. The number of hydrogen-bond acceptors (Lipinski definition) is 4. The smallest absolute Gasteiger partial charge is 0.191 e. The van der Waals surface area contributed by atoms with Crippen molar-refractivity contribution in [3.8, 4) is 0 Å². The van der Waals surface area contributed by atoms with Crippen molar-refractivity contribution in [3.63, 3.8) is 0 Å². The molecule has 2 atom stereocenters. The summed E-state index contributed by atoms with van der Waals surface area (Å²) < 4.78 is 32.3. The highest BCUT2D eigenvalue weighted by atomic mass is 127. The van der Waals surface area contributed by atoms with Crippen molar-refractivity contribution < 1.29 is 13.5 Å². The molecule has 1 saturated heterocycles. The first kappa shape index (κ1) is 27.4. The highest BCUT2D eigenvalue weighted by Crippen LogP contribution is 2.22. The Bertz CT molecular complexity index is 858. The Hall–Kier alpha value is -1.82. The van der Waals surface area contributed by atoms with Gasteiger partial charge in [-0.15, -0.1) is 24.0 Å². The maximum absolute atomic E-state index is 13.5. The second-order valence-electron chi connectivity index (χ2n) is 8.08. The van der Waals surface area contributed by atoms with Gasteiger partial charge in [0, 0.05) is 33.2 Å². The zero-order chi connectivity index (χ0) is 22.9. The van der Waals surface area contributed by atoms with E-state index >= 15 is 0 Å². The quantitative estimate of drug-likeness (QED) is 0.288. The summed E-state index contributed by atoms with van der Waals surface area (Å²) in [7, 11) is 5.73. The average molecular weight is 573 g/mol. The van der Waals surface area contributed by atoms with Gasteiger partial charge in [-0.3, -0.25) is 9.89 Å². The Morgan fingerprint density at radius 3 is 1.97 bits per heavy atom. The zero-order valence-corrected chi connectivity index (χ0v) is 21.8. The molecule has 0 aliphatic carbocycles. The van der Waals surface area contributed by atoms with Gasteiger partial charge in [0.05, 0.1) is 25.3 Å². The predicted octanol–water partition coefficient (Wildman–Crippen LogP) is 3.42. The topological polar surface area (TPSA) is 52.1 Å². The second kappa shape index (κ2) is 13.8. The summed E-state index contributed by atoms with van der Waals surface area (Å²) in [5.74, 6) is 0.196. The van der Waals surface area contributed by atoms with Crippen LogP contribution in [0.15, 0.2) is 53.5 Å². The number of likely N-dealkylation sites (N-methyl/N-ethyl adjacent to an activating group) is 1. The van der Waals surface area contributed by atoms with Crippen molar-refractivity contribution in [2.45, 2.75) is 12.1 Å². The molecule has 3 rings (SSSR count). The Morgan fingerprint density at radius 1 is 0.939 bits per heavy atom. The number of hydrogen-bond donors (Lipinski definition) is 2. The molecular formula is C24H34F2IN5O. The van der Waals surface area contributed by atoms with Crippen LogP contribution in [0.25, 0.3) is 0 Å². The van der Waals surface area contributed by atoms with Crippen molar-refractivity contribution >= 4 is 29.9 Å². The van der Waals surface area contributed by atoms with Gasteiger partial charge in [-0.25, -0.2) is 8.78 Å². The zero-order valence-electron chi connectivity index (χ0n) is 19.4. The standard InChI is InChI=1S/C24H33F2N5O.HI/c1-27-24(28-16-22(30(2)3)18-4-8-20(25)9-5-18)29-17-23(31-12-14-32-15-13-31)19-6-10-21(26)11-7-19;/h4-11,22-23H,12-17H2,1-3H3,(H2,27,28,29);1H. The third kappa shape index (κ3) is 8.16. The molecule has 9 heteroatoms. The van der Waals surface area contributed by atoms with Gasteiger partial charge in [-0.2, -0.15) is 0 Å². The van der Waals surface area contributed by atoms with Crippen molar-refractivity contribution in [1.82, 2.24) is 20.4 Å². The Morgan fingerprint density at radius 2 is 1.45 bits per heavy atom. The number of nitrogens with zero attached hydrogens (tertiary/aromatic N) is 3. The van der Waals surface area contributed by atoms with E-state index in [1.807, 2.05) is 26.2 Å². The molecule has 2 aromatic rings. The Balaban J connectivity index is 0.00000385. The molecule has 0 bridgehead atoms. The van der Waals surface area contributed by atoms with E-state index in [0.29, 0.717) is 32.3 Å². The van der Waals surface area contributed by atoms with E-state index in [4.69, 9.17) is 4.74 Å². The highest BCUT2D eigenvalue weighted by molar-refractivity contribution is 14.0. The second-order valence-corrected chi connectivity index (χ2v) is 8.08. The average Bonchev–Trinajstić information content (AvgIpc) is 2.80. The molecule has 1 heterocycles. The van der Waals surface area contributed by atoms with Crippen LogP contribution in [0.5, 0.6) is 0 Å². The molecule has 2 aromatic carbocycles. The number of rotatable bonds is 8. The summed E-state index contributed by atoms with van der Waals surface area (Å²) in [4.78, 5) is 8.80. The number of halogens is 3. The minimum absolute atomic E-state index is 0. The third-order valence-corrected chi connectivity index (χ3v) is 5.77. The van der Waals surface area contributed by atoms with Gasteiger partial charge < -0.3 is 20.3 Å². The summed E-state index contributed by atoms with van der Waals surface area (Å²) in [6.07, 6.45) is 0. The van der Waals surface area contributed by atoms with E-state index < -0.39 is 0 Å². The van der Waals surface area contributed by atoms with Gasteiger partial charge in [0.25, 0.3) is 0 Å². The summed E-state index contributed by atoms with van der Waals surface area (Å²) in [5.41, 5.74) is 2.07. The fourth-order valence-corrected chi connectivity index (χ4v) is 3.92. The molecule has 6 nitrogen and oxygen atoms in total. The monoisotopic (exact) mass is 573 g/mol. The molecule has 1 aliphatic heterocycles. The van der Waals surface area contributed by atoms with Crippen LogP contribution in [0.4, 0.5) is 8.78 Å². The van der Waals surface area contributed by atoms with Crippen LogP contribution in [0.3, 0.4) is 0 Å². The van der Waals surface area contributed by atoms with Crippen LogP contribution in [-0.4, -0.2) is 76.3 Å². The summed E-state index contributed by atoms with van der Waals surface area (Å²) in [5, 5.41) is 6.80. The van der Waals surface area contributed by atoms with E-state index in [9.17, 15) is 8.78 Å². The fraction of sp³-hybridized carbons (Fsp3) is 0.458.